The van der Waals surface area contributed by atoms with Gasteiger partial charge in [0.05, 0.1) is 12.5 Å². The lowest BCUT2D eigenvalue weighted by Gasteiger charge is -2.27. The lowest BCUT2D eigenvalue weighted by Crippen LogP contribution is -2.48. The fourth-order valence-electron chi connectivity index (χ4n) is 3.05. The molecule has 0 spiro atoms. The summed E-state index contributed by atoms with van der Waals surface area (Å²) < 4.78 is 0. The van der Waals surface area contributed by atoms with Crippen molar-refractivity contribution in [3.63, 3.8) is 0 Å². The second kappa shape index (κ2) is 7.44. The molecule has 0 saturated carbocycles. The lowest BCUT2D eigenvalue weighted by molar-refractivity contribution is -0.134. The van der Waals surface area contributed by atoms with E-state index in [0.29, 0.717) is 12.8 Å². The molecule has 0 radical (unpaired) electrons. The first-order chi connectivity index (χ1) is 11.6. The van der Waals surface area contributed by atoms with E-state index in [9.17, 15) is 14.4 Å². The van der Waals surface area contributed by atoms with Crippen LogP contribution in [0, 0.1) is 0 Å². The second-order valence-electron chi connectivity index (χ2n) is 6.11. The van der Waals surface area contributed by atoms with E-state index in [4.69, 9.17) is 0 Å². The van der Waals surface area contributed by atoms with Gasteiger partial charge in [-0.05, 0) is 24.1 Å². The highest BCUT2D eigenvalue weighted by atomic mass is 16.2. The van der Waals surface area contributed by atoms with Crippen LogP contribution in [-0.4, -0.2) is 55.3 Å². The van der Waals surface area contributed by atoms with Crippen molar-refractivity contribution in [2.45, 2.75) is 18.8 Å². The van der Waals surface area contributed by atoms with Crippen molar-refractivity contribution in [1.29, 1.82) is 0 Å². The summed E-state index contributed by atoms with van der Waals surface area (Å²) in [5.74, 6) is -0.633. The van der Waals surface area contributed by atoms with E-state index in [1.54, 1.807) is 0 Å². The van der Waals surface area contributed by atoms with Gasteiger partial charge in [0.2, 0.25) is 17.7 Å². The number of piperazine rings is 1. The molecule has 2 aliphatic rings. The monoisotopic (exact) mass is 330 g/mol. The molecule has 2 aliphatic heterocycles. The highest BCUT2D eigenvalue weighted by molar-refractivity contribution is 6.00. The van der Waals surface area contributed by atoms with E-state index >= 15 is 0 Å². The zero-order valence-corrected chi connectivity index (χ0v) is 13.5. The van der Waals surface area contributed by atoms with E-state index in [1.807, 2.05) is 29.2 Å². The summed E-state index contributed by atoms with van der Waals surface area (Å²) in [4.78, 5) is 37.0. The van der Waals surface area contributed by atoms with Gasteiger partial charge in [-0.15, -0.1) is 0 Å². The Balaban J connectivity index is 1.53. The fourth-order valence-corrected chi connectivity index (χ4v) is 3.05. The smallest absolute Gasteiger partial charge is 0.241 e. The Morgan fingerprint density at radius 2 is 1.88 bits per heavy atom. The summed E-state index contributed by atoms with van der Waals surface area (Å²) >= 11 is 0. The molecule has 0 aromatic heterocycles. The van der Waals surface area contributed by atoms with Crippen molar-refractivity contribution in [3.8, 4) is 0 Å². The van der Waals surface area contributed by atoms with Gasteiger partial charge in [0.15, 0.2) is 0 Å². The van der Waals surface area contributed by atoms with Crippen molar-refractivity contribution in [3.05, 3.63) is 29.8 Å². The molecule has 2 fully saturated rings. The van der Waals surface area contributed by atoms with Gasteiger partial charge in [-0.25, -0.2) is 0 Å². The number of amides is 3. The average Bonchev–Trinajstić information content (AvgIpc) is 2.61. The van der Waals surface area contributed by atoms with Crippen LogP contribution in [0.2, 0.25) is 0 Å². The molecule has 2 heterocycles. The lowest BCUT2D eigenvalue weighted by atomic mass is 9.90. The Hall–Kier alpha value is -2.41. The Kier molecular flexibility index (Phi) is 5.10. The van der Waals surface area contributed by atoms with Crippen LogP contribution in [0.4, 0.5) is 5.69 Å². The molecule has 1 atom stereocenters. The number of imide groups is 1. The maximum absolute atomic E-state index is 12.1. The topological polar surface area (TPSA) is 90.5 Å². The third-order valence-corrected chi connectivity index (χ3v) is 4.47. The fraction of sp³-hybridized carbons (Fsp3) is 0.471. The number of hydrogen-bond donors (Lipinski definition) is 3. The largest absolute Gasteiger partial charge is 0.376 e. The molecule has 2 saturated heterocycles. The number of carbonyl (C=O) groups excluding carboxylic acids is 3. The third-order valence-electron chi connectivity index (χ3n) is 4.47. The van der Waals surface area contributed by atoms with E-state index in [-0.39, 0.29) is 30.2 Å². The van der Waals surface area contributed by atoms with Crippen LogP contribution in [0.3, 0.4) is 0 Å². The quantitative estimate of drug-likeness (QED) is 0.679. The molecule has 0 bridgehead atoms. The van der Waals surface area contributed by atoms with Gasteiger partial charge in [0.1, 0.15) is 0 Å². The summed E-state index contributed by atoms with van der Waals surface area (Å²) in [5, 5.41) is 8.71. The highest BCUT2D eigenvalue weighted by Crippen LogP contribution is 2.25. The van der Waals surface area contributed by atoms with E-state index in [2.05, 4.69) is 16.0 Å². The van der Waals surface area contributed by atoms with Crippen LogP contribution < -0.4 is 16.0 Å². The molecule has 1 aromatic carbocycles. The van der Waals surface area contributed by atoms with Crippen LogP contribution in [0.15, 0.2) is 24.3 Å². The molecule has 3 N–H and O–H groups in total. The maximum atomic E-state index is 12.1. The summed E-state index contributed by atoms with van der Waals surface area (Å²) in [6.07, 6.45) is 0.911. The SMILES string of the molecule is O=C1CCC(c2ccc(NCC(=O)N3CCNCC3)cc2)C(=O)N1. The average molecular weight is 330 g/mol. The summed E-state index contributed by atoms with van der Waals surface area (Å²) in [6, 6.07) is 7.48. The van der Waals surface area contributed by atoms with Gasteiger partial charge >= 0.3 is 0 Å². The molecule has 7 heteroatoms. The van der Waals surface area contributed by atoms with Crippen LogP contribution in [0.1, 0.15) is 24.3 Å². The van der Waals surface area contributed by atoms with Gasteiger partial charge in [0, 0.05) is 38.3 Å². The Bertz CT molecular complexity index is 623. The summed E-state index contributed by atoms with van der Waals surface area (Å²) in [5.41, 5.74) is 1.73. The zero-order valence-electron chi connectivity index (χ0n) is 13.5. The van der Waals surface area contributed by atoms with Gasteiger partial charge in [-0.3, -0.25) is 19.7 Å². The molecule has 24 heavy (non-hydrogen) atoms. The predicted molar refractivity (Wildman–Crippen MR) is 89.5 cm³/mol. The van der Waals surface area contributed by atoms with Crippen molar-refractivity contribution in [2.75, 3.05) is 38.0 Å². The van der Waals surface area contributed by atoms with Crippen LogP contribution in [0.5, 0.6) is 0 Å². The van der Waals surface area contributed by atoms with Crippen molar-refractivity contribution in [1.82, 2.24) is 15.5 Å². The number of piperidine rings is 1. The molecule has 0 aliphatic carbocycles. The number of hydrogen-bond acceptors (Lipinski definition) is 5. The van der Waals surface area contributed by atoms with Crippen molar-refractivity contribution in [2.24, 2.45) is 0 Å². The Labute approximate surface area is 140 Å². The molecule has 3 rings (SSSR count). The highest BCUT2D eigenvalue weighted by Gasteiger charge is 2.27. The maximum Gasteiger partial charge on any atom is 0.241 e. The normalized spacial score (nSPS) is 21.3. The standard InChI is InChI=1S/C17H22N4O3/c22-15-6-5-14(17(24)20-15)12-1-3-13(4-2-12)19-11-16(23)21-9-7-18-8-10-21/h1-4,14,18-19H,5-11H2,(H,20,22,24). The Morgan fingerprint density at radius 3 is 2.54 bits per heavy atom. The number of anilines is 1. The zero-order chi connectivity index (χ0) is 16.9. The molecule has 3 amide bonds. The van der Waals surface area contributed by atoms with E-state index in [1.165, 1.54) is 0 Å². The van der Waals surface area contributed by atoms with Crippen molar-refractivity contribution >= 4 is 23.4 Å². The minimum Gasteiger partial charge on any atom is -0.376 e. The first-order valence-corrected chi connectivity index (χ1v) is 8.29. The van der Waals surface area contributed by atoms with Crippen LogP contribution >= 0.6 is 0 Å². The molecule has 1 aromatic rings. The number of nitrogens with zero attached hydrogens (tertiary/aromatic N) is 1. The molecule has 1 unspecified atom stereocenters. The third kappa shape index (κ3) is 3.91. The minimum atomic E-state index is -0.278. The molecular formula is C17H22N4O3. The first-order valence-electron chi connectivity index (χ1n) is 8.29. The molecule has 7 nitrogen and oxygen atoms in total. The summed E-state index contributed by atoms with van der Waals surface area (Å²) in [6.45, 7) is 3.43. The number of nitrogens with one attached hydrogen (secondary N) is 3. The predicted octanol–water partition coefficient (Wildman–Crippen LogP) is 0.0505. The van der Waals surface area contributed by atoms with Crippen LogP contribution in [0.25, 0.3) is 0 Å². The molecule has 128 valence electrons. The van der Waals surface area contributed by atoms with E-state index < -0.39 is 0 Å². The van der Waals surface area contributed by atoms with Gasteiger partial charge in [0.25, 0.3) is 0 Å². The number of carbonyl (C=O) groups is 3. The van der Waals surface area contributed by atoms with E-state index in [0.717, 1.165) is 37.4 Å². The van der Waals surface area contributed by atoms with Gasteiger partial charge in [-0.2, -0.15) is 0 Å². The molecular weight excluding hydrogens is 308 g/mol. The number of rotatable bonds is 4. The minimum absolute atomic E-state index is 0.0887. The summed E-state index contributed by atoms with van der Waals surface area (Å²) in [7, 11) is 0. The second-order valence-corrected chi connectivity index (χ2v) is 6.11. The van der Waals surface area contributed by atoms with Crippen molar-refractivity contribution < 1.29 is 14.4 Å². The van der Waals surface area contributed by atoms with Crippen LogP contribution in [-0.2, 0) is 14.4 Å². The Morgan fingerprint density at radius 1 is 1.17 bits per heavy atom. The first kappa shape index (κ1) is 16.4. The number of benzene rings is 1. The van der Waals surface area contributed by atoms with Gasteiger partial charge < -0.3 is 15.5 Å². The van der Waals surface area contributed by atoms with Gasteiger partial charge in [-0.1, -0.05) is 12.1 Å².